The molecule has 0 spiro atoms. The highest BCUT2D eigenvalue weighted by Gasteiger charge is 2.25. The number of thiazole rings is 1. The molecule has 1 amide bonds. The highest BCUT2D eigenvalue weighted by molar-refractivity contribution is 8.18. The molecular weight excluding hydrogens is 390 g/mol. The first-order valence-electron chi connectivity index (χ1n) is 9.58. The molecule has 2 heterocycles. The number of amidine groups is 1. The maximum absolute atomic E-state index is 12.2. The molecule has 28 heavy (non-hydrogen) atoms. The second kappa shape index (κ2) is 8.92. The van der Waals surface area contributed by atoms with Gasteiger partial charge in [0.1, 0.15) is 12.4 Å². The predicted molar refractivity (Wildman–Crippen MR) is 116 cm³/mol. The van der Waals surface area contributed by atoms with Crippen molar-refractivity contribution in [3.63, 3.8) is 0 Å². The van der Waals surface area contributed by atoms with Crippen molar-refractivity contribution in [3.8, 4) is 5.75 Å². The Kier molecular flexibility index (Phi) is 6.12. The Morgan fingerprint density at radius 3 is 2.75 bits per heavy atom. The number of rotatable bonds is 5. The normalized spacial score (nSPS) is 20.7. The summed E-state index contributed by atoms with van der Waals surface area (Å²) in [6, 6.07) is 8.10. The number of aryl methyl sites for hydroxylation is 1. The minimum atomic E-state index is -0.0706. The van der Waals surface area contributed by atoms with Crippen LogP contribution in [0.15, 0.2) is 39.5 Å². The zero-order valence-electron chi connectivity index (χ0n) is 15.8. The number of hydrogen-bond acceptors (Lipinski definition) is 6. The lowest BCUT2D eigenvalue weighted by molar-refractivity contribution is -0.115. The van der Waals surface area contributed by atoms with Crippen LogP contribution < -0.4 is 10.1 Å². The van der Waals surface area contributed by atoms with Crippen LogP contribution in [0.5, 0.6) is 5.75 Å². The molecule has 1 N–H and O–H groups in total. The Morgan fingerprint density at radius 1 is 1.25 bits per heavy atom. The van der Waals surface area contributed by atoms with Gasteiger partial charge in [-0.1, -0.05) is 31.4 Å². The summed E-state index contributed by atoms with van der Waals surface area (Å²) in [7, 11) is 0. The number of benzene rings is 1. The van der Waals surface area contributed by atoms with Gasteiger partial charge in [-0.3, -0.25) is 9.79 Å². The highest BCUT2D eigenvalue weighted by atomic mass is 32.2. The zero-order valence-corrected chi connectivity index (χ0v) is 17.4. The third-order valence-electron chi connectivity index (χ3n) is 4.76. The molecule has 5 nitrogen and oxygen atoms in total. The summed E-state index contributed by atoms with van der Waals surface area (Å²) in [5.41, 5.74) is 1.91. The van der Waals surface area contributed by atoms with Gasteiger partial charge in [0.15, 0.2) is 5.17 Å². The zero-order chi connectivity index (χ0) is 19.3. The van der Waals surface area contributed by atoms with E-state index in [9.17, 15) is 4.79 Å². The molecule has 1 saturated carbocycles. The van der Waals surface area contributed by atoms with Gasteiger partial charge in [0.05, 0.1) is 21.6 Å². The van der Waals surface area contributed by atoms with Gasteiger partial charge in [-0.2, -0.15) is 0 Å². The van der Waals surface area contributed by atoms with Crippen molar-refractivity contribution >= 4 is 40.2 Å². The topological polar surface area (TPSA) is 63.6 Å². The summed E-state index contributed by atoms with van der Waals surface area (Å²) in [6.45, 7) is 2.45. The molecule has 146 valence electrons. The molecule has 2 aromatic rings. The van der Waals surface area contributed by atoms with Crippen molar-refractivity contribution in [2.24, 2.45) is 4.99 Å². The van der Waals surface area contributed by atoms with Gasteiger partial charge in [-0.25, -0.2) is 4.98 Å². The molecule has 0 radical (unpaired) electrons. The first-order valence-corrected chi connectivity index (χ1v) is 11.3. The van der Waals surface area contributed by atoms with Crippen LogP contribution in [0, 0.1) is 6.92 Å². The van der Waals surface area contributed by atoms with E-state index < -0.39 is 0 Å². The molecule has 2 aliphatic rings. The summed E-state index contributed by atoms with van der Waals surface area (Å²) in [4.78, 5) is 22.1. The van der Waals surface area contributed by atoms with E-state index in [1.165, 1.54) is 31.0 Å². The summed E-state index contributed by atoms with van der Waals surface area (Å²) in [6.07, 6.45) is 7.92. The smallest absolute Gasteiger partial charge is 0.264 e. The van der Waals surface area contributed by atoms with Crippen molar-refractivity contribution in [1.82, 2.24) is 10.3 Å². The van der Waals surface area contributed by atoms with Gasteiger partial charge in [0.25, 0.3) is 5.91 Å². The van der Waals surface area contributed by atoms with E-state index >= 15 is 0 Å². The molecule has 4 rings (SSSR count). The first-order chi connectivity index (χ1) is 13.7. The van der Waals surface area contributed by atoms with Gasteiger partial charge >= 0.3 is 0 Å². The van der Waals surface area contributed by atoms with Gasteiger partial charge in [-0.05, 0) is 55.3 Å². The average molecular weight is 414 g/mol. The Labute approximate surface area is 173 Å². The number of aromatic nitrogens is 1. The fourth-order valence-corrected chi connectivity index (χ4v) is 4.80. The monoisotopic (exact) mass is 413 g/mol. The molecule has 0 bridgehead atoms. The number of thioether (sulfide) groups is 1. The van der Waals surface area contributed by atoms with E-state index in [1.54, 1.807) is 11.3 Å². The number of aliphatic imine (C=N–C) groups is 1. The van der Waals surface area contributed by atoms with Gasteiger partial charge in [-0.15, -0.1) is 11.3 Å². The van der Waals surface area contributed by atoms with Crippen LogP contribution in [0.3, 0.4) is 0 Å². The van der Waals surface area contributed by atoms with E-state index in [-0.39, 0.29) is 5.91 Å². The summed E-state index contributed by atoms with van der Waals surface area (Å²) < 4.78 is 5.77. The minimum absolute atomic E-state index is 0.0706. The number of hydrogen-bond donors (Lipinski definition) is 1. The number of amides is 1. The number of carbonyl (C=O) groups excluding carboxylic acids is 1. The second-order valence-corrected chi connectivity index (χ2v) is 9.10. The van der Waals surface area contributed by atoms with E-state index in [1.807, 2.05) is 42.6 Å². The Hall–Kier alpha value is -2.12. The molecular formula is C21H23N3O2S2. The number of nitrogens with zero attached hydrogens (tertiary/aromatic N) is 2. The molecule has 1 aliphatic carbocycles. The van der Waals surface area contributed by atoms with Crippen LogP contribution in [0.1, 0.15) is 48.4 Å². The van der Waals surface area contributed by atoms with Gasteiger partial charge < -0.3 is 10.1 Å². The van der Waals surface area contributed by atoms with E-state index in [4.69, 9.17) is 9.73 Å². The number of ether oxygens (including phenoxy) is 1. The van der Waals surface area contributed by atoms with E-state index in [0.29, 0.717) is 17.6 Å². The highest BCUT2D eigenvalue weighted by Crippen LogP contribution is 2.29. The number of nitrogens with one attached hydrogen (secondary N) is 1. The Balaban J connectivity index is 1.36. The largest absolute Gasteiger partial charge is 0.487 e. The van der Waals surface area contributed by atoms with Crippen LogP contribution >= 0.6 is 23.1 Å². The third-order valence-corrected chi connectivity index (χ3v) is 6.50. The SMILES string of the molecule is Cc1nc(COc2ccc(/C=C3\SC(=NC4CCCCC4)NC3=O)cc2)cs1. The average Bonchev–Trinajstić information content (AvgIpc) is 3.27. The van der Waals surface area contributed by atoms with Gasteiger partial charge in [0, 0.05) is 5.38 Å². The predicted octanol–water partition coefficient (Wildman–Crippen LogP) is 4.92. The Bertz CT molecular complexity index is 897. The van der Waals surface area contributed by atoms with Crippen LogP contribution in [0.2, 0.25) is 0 Å². The lowest BCUT2D eigenvalue weighted by atomic mass is 9.96. The van der Waals surface area contributed by atoms with E-state index in [0.717, 1.165) is 40.0 Å². The van der Waals surface area contributed by atoms with Crippen molar-refractivity contribution in [2.45, 2.75) is 51.7 Å². The van der Waals surface area contributed by atoms with Crippen molar-refractivity contribution in [1.29, 1.82) is 0 Å². The van der Waals surface area contributed by atoms with Crippen LogP contribution in [0.25, 0.3) is 6.08 Å². The van der Waals surface area contributed by atoms with Crippen molar-refractivity contribution in [3.05, 3.63) is 50.8 Å². The molecule has 1 aromatic heterocycles. The standard InChI is InChI=1S/C21H23N3O2S2/c1-14-22-17(13-27-14)12-26-18-9-7-15(8-10-18)11-19-20(25)24-21(28-19)23-16-5-3-2-4-6-16/h7-11,13,16H,2-6,12H2,1H3,(H,23,24,25)/b19-11-. The molecule has 1 aliphatic heterocycles. The molecule has 0 unspecified atom stereocenters. The van der Waals surface area contributed by atoms with Crippen LogP contribution in [-0.2, 0) is 11.4 Å². The maximum atomic E-state index is 12.2. The molecule has 1 aromatic carbocycles. The van der Waals surface area contributed by atoms with E-state index in [2.05, 4.69) is 10.3 Å². The fourth-order valence-electron chi connectivity index (χ4n) is 3.31. The van der Waals surface area contributed by atoms with Crippen molar-refractivity contribution < 1.29 is 9.53 Å². The lowest BCUT2D eigenvalue weighted by Gasteiger charge is -2.17. The van der Waals surface area contributed by atoms with Crippen LogP contribution in [0.4, 0.5) is 0 Å². The third kappa shape index (κ3) is 5.02. The van der Waals surface area contributed by atoms with Crippen molar-refractivity contribution in [2.75, 3.05) is 0 Å². The maximum Gasteiger partial charge on any atom is 0.264 e. The first kappa shape index (κ1) is 19.2. The summed E-state index contributed by atoms with van der Waals surface area (Å²) in [5, 5.41) is 6.69. The molecule has 2 fully saturated rings. The quantitative estimate of drug-likeness (QED) is 0.707. The fraction of sp³-hybridized carbons (Fsp3) is 0.381. The summed E-state index contributed by atoms with van der Waals surface area (Å²) >= 11 is 3.06. The van der Waals surface area contributed by atoms with Crippen LogP contribution in [-0.4, -0.2) is 22.1 Å². The number of carbonyl (C=O) groups is 1. The lowest BCUT2D eigenvalue weighted by Crippen LogP contribution is -2.22. The second-order valence-electron chi connectivity index (χ2n) is 7.01. The molecule has 7 heteroatoms. The molecule has 1 saturated heterocycles. The molecule has 0 atom stereocenters. The minimum Gasteiger partial charge on any atom is -0.487 e. The Morgan fingerprint density at radius 2 is 2.04 bits per heavy atom. The summed E-state index contributed by atoms with van der Waals surface area (Å²) in [5.74, 6) is 0.717. The van der Waals surface area contributed by atoms with Gasteiger partial charge in [0.2, 0.25) is 0 Å².